The smallest absolute Gasteiger partial charge is 0.207 e. The molecule has 46 valence electrons. The van der Waals surface area contributed by atoms with Gasteiger partial charge in [-0.25, -0.2) is 4.21 Å². The van der Waals surface area contributed by atoms with E-state index in [0.717, 1.165) is 6.92 Å². The van der Waals surface area contributed by atoms with Gasteiger partial charge in [-0.1, -0.05) is 0 Å². The van der Waals surface area contributed by atoms with Crippen molar-refractivity contribution in [1.29, 1.82) is 0 Å². The highest BCUT2D eigenvalue weighted by atomic mass is 35.7. The lowest BCUT2D eigenvalue weighted by atomic mass is 11.0. The van der Waals surface area contributed by atoms with E-state index >= 15 is 0 Å². The molecule has 5 heteroatoms. The Morgan fingerprint density at radius 3 is 1.86 bits per heavy atom. The predicted octanol–water partition coefficient (Wildman–Crippen LogP) is 1.75. The average molecular weight is 151 g/mol. The summed E-state index contributed by atoms with van der Waals surface area (Å²) < 4.78 is 32.5. The first kappa shape index (κ1) is 7.30. The van der Waals surface area contributed by atoms with E-state index in [0.29, 0.717) is 0 Å². The number of hydrogen-bond acceptors (Lipinski definition) is 1. The average Bonchev–Trinajstić information content (AvgIpc) is 1.32. The molecule has 0 aromatic heterocycles. The summed E-state index contributed by atoms with van der Waals surface area (Å²) in [5, 5.41) is 0. The van der Waals surface area contributed by atoms with E-state index in [-0.39, 0.29) is 0 Å². The van der Waals surface area contributed by atoms with Crippen molar-refractivity contribution in [2.45, 2.75) is 6.92 Å². The fraction of sp³-hybridized carbons (Fsp3) is 1.00. The molecule has 0 bridgehead atoms. The summed E-state index contributed by atoms with van der Waals surface area (Å²) in [5.74, 6) is -0.779. The van der Waals surface area contributed by atoms with Crippen LogP contribution in [0.3, 0.4) is 0 Å². The van der Waals surface area contributed by atoms with Gasteiger partial charge in [-0.2, -0.15) is 0 Å². The molecule has 0 N–H and O–H groups in total. The second kappa shape index (κ2) is 1.39. The summed E-state index contributed by atoms with van der Waals surface area (Å²) in [5.41, 5.74) is 0. The van der Waals surface area contributed by atoms with Crippen LogP contribution in [0.2, 0.25) is 0 Å². The van der Waals surface area contributed by atoms with Gasteiger partial charge in [-0.05, 0) is 6.92 Å². The maximum Gasteiger partial charge on any atom is 0.232 e. The van der Waals surface area contributed by atoms with Crippen molar-refractivity contribution in [3.63, 3.8) is 0 Å². The van der Waals surface area contributed by atoms with E-state index in [9.17, 15) is 12.0 Å². The molecule has 0 amide bonds. The highest BCUT2D eigenvalue weighted by Crippen LogP contribution is 2.33. The third-order valence-corrected chi connectivity index (χ3v) is 1.99. The Bertz CT molecular complexity index is 117. The minimum Gasteiger partial charge on any atom is -0.207 e. The monoisotopic (exact) mass is 150 g/mol. The molecule has 7 heavy (non-hydrogen) atoms. The van der Waals surface area contributed by atoms with Crippen LogP contribution in [0.4, 0.5) is 7.77 Å². The van der Waals surface area contributed by atoms with Crippen LogP contribution in [0.15, 0.2) is 0 Å². The zero-order chi connectivity index (χ0) is 6.15. The molecule has 0 aliphatic carbocycles. The molecular formula is C2H5ClF2OS. The Labute approximate surface area is 45.1 Å². The van der Waals surface area contributed by atoms with Crippen LogP contribution >= 0.6 is 10.7 Å². The first-order valence-corrected chi connectivity index (χ1v) is 4.39. The normalized spacial score (nSPS) is 18.0. The second-order valence-corrected chi connectivity index (χ2v) is 5.03. The van der Waals surface area contributed by atoms with Gasteiger partial charge >= 0.3 is 0 Å². The minimum absolute atomic E-state index is 0.779. The zero-order valence-electron chi connectivity index (χ0n) is 3.66. The van der Waals surface area contributed by atoms with Crippen molar-refractivity contribution >= 4 is 19.7 Å². The third-order valence-electron chi connectivity index (χ3n) is 0.445. The minimum atomic E-state index is -5.64. The van der Waals surface area contributed by atoms with Gasteiger partial charge in [0.05, 0.1) is 5.75 Å². The van der Waals surface area contributed by atoms with Crippen LogP contribution in [0.25, 0.3) is 0 Å². The van der Waals surface area contributed by atoms with Crippen LogP contribution in [0.1, 0.15) is 6.92 Å². The quantitative estimate of drug-likeness (QED) is 0.521. The van der Waals surface area contributed by atoms with E-state index in [1.807, 2.05) is 0 Å². The maximum atomic E-state index is 11.5. The Morgan fingerprint density at radius 1 is 1.71 bits per heavy atom. The van der Waals surface area contributed by atoms with Gasteiger partial charge in [0, 0.05) is 10.7 Å². The van der Waals surface area contributed by atoms with Crippen molar-refractivity contribution in [2.24, 2.45) is 0 Å². The molecule has 0 saturated heterocycles. The number of hydrogen-bond donors (Lipinski definition) is 0. The van der Waals surface area contributed by atoms with E-state index in [2.05, 4.69) is 10.7 Å². The Balaban J connectivity index is 4.14. The van der Waals surface area contributed by atoms with Crippen LogP contribution in [0.5, 0.6) is 0 Å². The molecule has 0 aromatic carbocycles. The molecule has 0 unspecified atom stereocenters. The van der Waals surface area contributed by atoms with Crippen molar-refractivity contribution in [2.75, 3.05) is 5.75 Å². The van der Waals surface area contributed by atoms with E-state index in [4.69, 9.17) is 0 Å². The Hall–Kier alpha value is 0.300. The molecule has 0 atom stereocenters. The molecular weight excluding hydrogens is 146 g/mol. The molecule has 0 aliphatic heterocycles. The SMILES string of the molecule is CCS(=O)(F)(F)Cl. The molecule has 0 aliphatic rings. The molecule has 0 radical (unpaired) electrons. The van der Waals surface area contributed by atoms with Gasteiger partial charge in [0.2, 0.25) is 9.05 Å². The van der Waals surface area contributed by atoms with Crippen molar-refractivity contribution < 1.29 is 12.0 Å². The van der Waals surface area contributed by atoms with E-state index in [1.54, 1.807) is 0 Å². The van der Waals surface area contributed by atoms with Crippen molar-refractivity contribution in [1.82, 2.24) is 0 Å². The summed E-state index contributed by atoms with van der Waals surface area (Å²) in [6, 6.07) is 0. The lowest BCUT2D eigenvalue weighted by Gasteiger charge is -2.10. The summed E-state index contributed by atoms with van der Waals surface area (Å²) >= 11 is 0. The van der Waals surface area contributed by atoms with Crippen molar-refractivity contribution in [3.8, 4) is 0 Å². The fourth-order valence-electron chi connectivity index (χ4n) is 0. The zero-order valence-corrected chi connectivity index (χ0v) is 5.23. The molecule has 0 heterocycles. The fourth-order valence-corrected chi connectivity index (χ4v) is 0. The molecule has 0 saturated carbocycles. The Kier molecular flexibility index (Phi) is 1.45. The van der Waals surface area contributed by atoms with Gasteiger partial charge in [0.1, 0.15) is 0 Å². The second-order valence-electron chi connectivity index (χ2n) is 1.10. The molecule has 0 aromatic rings. The third kappa shape index (κ3) is 6.30. The lowest BCUT2D eigenvalue weighted by molar-refractivity contribution is 0.566. The van der Waals surface area contributed by atoms with Gasteiger partial charge in [-0.3, -0.25) is 0 Å². The van der Waals surface area contributed by atoms with E-state index < -0.39 is 14.8 Å². The first-order chi connectivity index (χ1) is 2.81. The van der Waals surface area contributed by atoms with Gasteiger partial charge in [0.25, 0.3) is 0 Å². The van der Waals surface area contributed by atoms with Crippen LogP contribution in [-0.2, 0) is 9.05 Å². The highest BCUT2D eigenvalue weighted by molar-refractivity contribution is 8.30. The molecule has 0 fully saturated rings. The molecule has 0 rings (SSSR count). The first-order valence-electron chi connectivity index (χ1n) is 1.63. The lowest BCUT2D eigenvalue weighted by Crippen LogP contribution is -2.11. The van der Waals surface area contributed by atoms with Crippen LogP contribution < -0.4 is 0 Å². The number of halogens is 3. The predicted molar refractivity (Wildman–Crippen MR) is 26.8 cm³/mol. The van der Waals surface area contributed by atoms with Crippen LogP contribution in [0, 0.1) is 0 Å². The summed E-state index contributed by atoms with van der Waals surface area (Å²) in [7, 11) is -1.45. The molecule has 0 spiro atoms. The topological polar surface area (TPSA) is 17.1 Å². The Morgan fingerprint density at radius 2 is 1.86 bits per heavy atom. The van der Waals surface area contributed by atoms with Gasteiger partial charge < -0.3 is 0 Å². The van der Waals surface area contributed by atoms with Gasteiger partial charge in [-0.15, -0.1) is 7.77 Å². The highest BCUT2D eigenvalue weighted by Gasteiger charge is 2.28. The number of rotatable bonds is 1. The summed E-state index contributed by atoms with van der Waals surface area (Å²) in [6.45, 7) is 1.07. The largest absolute Gasteiger partial charge is 0.232 e. The summed E-state index contributed by atoms with van der Waals surface area (Å²) in [4.78, 5) is 0. The van der Waals surface area contributed by atoms with Gasteiger partial charge in [0.15, 0.2) is 0 Å². The van der Waals surface area contributed by atoms with Crippen LogP contribution in [-0.4, -0.2) is 9.96 Å². The van der Waals surface area contributed by atoms with E-state index in [1.165, 1.54) is 0 Å². The molecule has 1 nitrogen and oxygen atoms in total. The maximum absolute atomic E-state index is 11.5. The standard InChI is InChI=1S/C2H5ClF2OS/c1-2-7(3,4,5)6/h2H2,1H3. The summed E-state index contributed by atoms with van der Waals surface area (Å²) in [6.07, 6.45) is 0. The van der Waals surface area contributed by atoms with Crippen molar-refractivity contribution in [3.05, 3.63) is 0 Å².